The summed E-state index contributed by atoms with van der Waals surface area (Å²) in [4.78, 5) is 0. The van der Waals surface area contributed by atoms with Crippen LogP contribution in [0.3, 0.4) is 0 Å². The van der Waals surface area contributed by atoms with Gasteiger partial charge in [0.15, 0.2) is 5.03 Å². The van der Waals surface area contributed by atoms with E-state index in [0.717, 1.165) is 5.56 Å². The van der Waals surface area contributed by atoms with Gasteiger partial charge in [0.1, 0.15) is 0 Å². The Hall–Kier alpha value is -1.38. The number of aromatic nitrogens is 2. The molecule has 6 nitrogen and oxygen atoms in total. The number of hydrogen-bond acceptors (Lipinski definition) is 4. The summed E-state index contributed by atoms with van der Waals surface area (Å²) in [5.41, 5.74) is 1.57. The van der Waals surface area contributed by atoms with Gasteiger partial charge in [-0.05, 0) is 40.5 Å². The van der Waals surface area contributed by atoms with Crippen molar-refractivity contribution in [3.8, 4) is 0 Å². The number of sulfonamides is 1. The predicted molar refractivity (Wildman–Crippen MR) is 74.2 cm³/mol. The molecule has 0 aliphatic carbocycles. The highest BCUT2D eigenvalue weighted by atomic mass is 79.9. The minimum Gasteiger partial charge on any atom is -0.392 e. The molecule has 0 bridgehead atoms. The summed E-state index contributed by atoms with van der Waals surface area (Å²) >= 11 is 3.28. The van der Waals surface area contributed by atoms with Gasteiger partial charge in [-0.3, -0.25) is 9.82 Å². The summed E-state index contributed by atoms with van der Waals surface area (Å²) in [6, 6.07) is 5.32. The Morgan fingerprint density at radius 2 is 2.21 bits per heavy atom. The number of benzene rings is 1. The molecule has 19 heavy (non-hydrogen) atoms. The summed E-state index contributed by atoms with van der Waals surface area (Å²) in [6.45, 7) is 1.46. The molecule has 1 aromatic carbocycles. The molecule has 1 heterocycles. The van der Waals surface area contributed by atoms with Gasteiger partial charge in [0, 0.05) is 10.0 Å². The van der Waals surface area contributed by atoms with Crippen LogP contribution >= 0.6 is 15.9 Å². The van der Waals surface area contributed by atoms with E-state index in [-0.39, 0.29) is 10.6 Å². The normalized spacial score (nSPS) is 11.5. The van der Waals surface area contributed by atoms with Crippen LogP contribution in [0.1, 0.15) is 11.1 Å². The van der Waals surface area contributed by atoms with Crippen molar-refractivity contribution in [2.75, 3.05) is 4.72 Å². The first-order valence-corrected chi connectivity index (χ1v) is 7.64. The first-order chi connectivity index (χ1) is 8.94. The molecule has 1 aromatic heterocycles. The molecule has 0 spiro atoms. The molecule has 3 N–H and O–H groups in total. The third-order valence-corrected chi connectivity index (χ3v) is 4.55. The lowest BCUT2D eigenvalue weighted by molar-refractivity contribution is 0.278. The van der Waals surface area contributed by atoms with Crippen LogP contribution in [-0.4, -0.2) is 23.7 Å². The van der Waals surface area contributed by atoms with E-state index in [1.54, 1.807) is 12.1 Å². The van der Waals surface area contributed by atoms with Gasteiger partial charge in [-0.15, -0.1) is 0 Å². The van der Waals surface area contributed by atoms with E-state index in [1.807, 2.05) is 13.0 Å². The quantitative estimate of drug-likeness (QED) is 0.786. The molecule has 0 aliphatic heterocycles. The lowest BCUT2D eigenvalue weighted by Crippen LogP contribution is -2.15. The van der Waals surface area contributed by atoms with Crippen molar-refractivity contribution in [1.82, 2.24) is 10.2 Å². The first kappa shape index (κ1) is 14.0. The second kappa shape index (κ2) is 5.32. The summed E-state index contributed by atoms with van der Waals surface area (Å²) < 4.78 is 27.5. The number of hydrogen-bond donors (Lipinski definition) is 3. The van der Waals surface area contributed by atoms with E-state index in [1.165, 1.54) is 6.20 Å². The molecule has 0 atom stereocenters. The number of H-pyrrole nitrogens is 1. The molecule has 0 saturated heterocycles. The Labute approximate surface area is 119 Å². The van der Waals surface area contributed by atoms with Crippen LogP contribution in [0.2, 0.25) is 0 Å². The van der Waals surface area contributed by atoms with E-state index in [0.29, 0.717) is 10.2 Å². The molecular weight excluding hydrogens is 334 g/mol. The van der Waals surface area contributed by atoms with Crippen molar-refractivity contribution in [3.05, 3.63) is 40.0 Å². The Kier molecular flexibility index (Phi) is 3.93. The largest absolute Gasteiger partial charge is 0.392 e. The van der Waals surface area contributed by atoms with Gasteiger partial charge < -0.3 is 5.11 Å². The third kappa shape index (κ3) is 2.96. The summed E-state index contributed by atoms with van der Waals surface area (Å²) in [5, 5.41) is 14.9. The molecule has 0 aliphatic rings. The minimum atomic E-state index is -3.81. The van der Waals surface area contributed by atoms with Gasteiger partial charge >= 0.3 is 0 Å². The predicted octanol–water partition coefficient (Wildman–Crippen LogP) is 1.77. The van der Waals surface area contributed by atoms with Crippen LogP contribution in [0, 0.1) is 6.92 Å². The number of anilines is 1. The van der Waals surface area contributed by atoms with Crippen LogP contribution in [0.25, 0.3) is 0 Å². The fourth-order valence-electron chi connectivity index (χ4n) is 1.56. The Morgan fingerprint density at radius 3 is 2.89 bits per heavy atom. The number of halogens is 1. The number of aliphatic hydroxyl groups excluding tert-OH is 1. The number of nitrogens with one attached hydrogen (secondary N) is 2. The number of nitrogens with zero attached hydrogens (tertiary/aromatic N) is 1. The van der Waals surface area contributed by atoms with E-state index in [4.69, 9.17) is 5.11 Å². The highest BCUT2D eigenvalue weighted by molar-refractivity contribution is 9.10. The molecule has 8 heteroatoms. The maximum absolute atomic E-state index is 12.2. The summed E-state index contributed by atoms with van der Waals surface area (Å²) in [5.74, 6) is 0. The maximum Gasteiger partial charge on any atom is 0.279 e. The van der Waals surface area contributed by atoms with Crippen molar-refractivity contribution < 1.29 is 13.5 Å². The lowest BCUT2D eigenvalue weighted by Gasteiger charge is -2.10. The van der Waals surface area contributed by atoms with Crippen molar-refractivity contribution in [2.45, 2.75) is 18.6 Å². The molecular formula is C11H12BrN3O3S. The summed E-state index contributed by atoms with van der Waals surface area (Å²) in [6.07, 6.45) is 1.28. The SMILES string of the molecule is Cc1ccc(Br)c(NS(=O)(=O)c2[nH]ncc2CO)c1. The second-order valence-corrected chi connectivity index (χ2v) is 6.44. The fourth-order valence-corrected chi connectivity index (χ4v) is 3.23. The topological polar surface area (TPSA) is 95.1 Å². The third-order valence-electron chi connectivity index (χ3n) is 2.48. The molecule has 2 rings (SSSR count). The molecule has 2 aromatic rings. The fraction of sp³-hybridized carbons (Fsp3) is 0.182. The lowest BCUT2D eigenvalue weighted by atomic mass is 10.2. The Balaban J connectivity index is 2.39. The smallest absolute Gasteiger partial charge is 0.279 e. The van der Waals surface area contributed by atoms with E-state index < -0.39 is 16.6 Å². The van der Waals surface area contributed by atoms with Crippen molar-refractivity contribution in [1.29, 1.82) is 0 Å². The zero-order valence-electron chi connectivity index (χ0n) is 10.0. The van der Waals surface area contributed by atoms with Crippen molar-refractivity contribution in [2.24, 2.45) is 0 Å². The number of aliphatic hydroxyl groups is 1. The van der Waals surface area contributed by atoms with Crippen LogP contribution in [0.5, 0.6) is 0 Å². The van der Waals surface area contributed by atoms with Gasteiger partial charge in [0.2, 0.25) is 0 Å². The van der Waals surface area contributed by atoms with E-state index in [2.05, 4.69) is 30.8 Å². The van der Waals surface area contributed by atoms with Gasteiger partial charge in [-0.2, -0.15) is 13.5 Å². The van der Waals surface area contributed by atoms with Gasteiger partial charge in [0.05, 0.1) is 18.5 Å². The minimum absolute atomic E-state index is 0.136. The monoisotopic (exact) mass is 345 g/mol. The van der Waals surface area contributed by atoms with Crippen LogP contribution in [0.15, 0.2) is 33.9 Å². The average molecular weight is 346 g/mol. The van der Waals surface area contributed by atoms with Crippen LogP contribution in [0.4, 0.5) is 5.69 Å². The zero-order chi connectivity index (χ0) is 14.0. The molecule has 0 unspecified atom stereocenters. The highest BCUT2D eigenvalue weighted by Gasteiger charge is 2.21. The van der Waals surface area contributed by atoms with Gasteiger partial charge in [-0.25, -0.2) is 0 Å². The summed E-state index contributed by atoms with van der Waals surface area (Å²) in [7, 11) is -3.81. The van der Waals surface area contributed by atoms with Crippen LogP contribution in [-0.2, 0) is 16.6 Å². The van der Waals surface area contributed by atoms with E-state index in [9.17, 15) is 8.42 Å². The average Bonchev–Trinajstić information content (AvgIpc) is 2.82. The molecule has 102 valence electrons. The second-order valence-electron chi connectivity index (χ2n) is 3.97. The molecule has 0 fully saturated rings. The maximum atomic E-state index is 12.2. The molecule has 0 saturated carbocycles. The van der Waals surface area contributed by atoms with Gasteiger partial charge in [0.25, 0.3) is 10.0 Å². The Bertz CT molecular complexity index is 697. The van der Waals surface area contributed by atoms with Crippen molar-refractivity contribution >= 4 is 31.6 Å². The highest BCUT2D eigenvalue weighted by Crippen LogP contribution is 2.26. The van der Waals surface area contributed by atoms with Gasteiger partial charge in [-0.1, -0.05) is 6.07 Å². The number of aryl methyl sites for hydroxylation is 1. The molecule has 0 amide bonds. The Morgan fingerprint density at radius 1 is 1.47 bits per heavy atom. The number of aromatic amines is 1. The zero-order valence-corrected chi connectivity index (χ0v) is 12.4. The molecule has 0 radical (unpaired) electrons. The van der Waals surface area contributed by atoms with Crippen molar-refractivity contribution in [3.63, 3.8) is 0 Å². The number of rotatable bonds is 4. The van der Waals surface area contributed by atoms with Crippen LogP contribution < -0.4 is 4.72 Å². The standard InChI is InChI=1S/C11H12BrN3O3S/c1-7-2-3-9(12)10(4-7)15-19(17,18)11-8(6-16)5-13-14-11/h2-5,15-16H,6H2,1H3,(H,13,14). The first-order valence-electron chi connectivity index (χ1n) is 5.36. The van der Waals surface area contributed by atoms with E-state index >= 15 is 0 Å².